The number of ether oxygens (including phenoxy) is 1. The Morgan fingerprint density at radius 1 is 1.33 bits per heavy atom. The fourth-order valence-corrected chi connectivity index (χ4v) is 1.92. The highest BCUT2D eigenvalue weighted by atomic mass is 35.5. The molecule has 0 saturated carbocycles. The molecule has 2 aromatic carbocycles. The van der Waals surface area contributed by atoms with Gasteiger partial charge in [-0.15, -0.1) is 0 Å². The van der Waals surface area contributed by atoms with Crippen molar-refractivity contribution in [3.05, 3.63) is 68.7 Å². The summed E-state index contributed by atoms with van der Waals surface area (Å²) in [7, 11) is 0. The van der Waals surface area contributed by atoms with Crippen molar-refractivity contribution in [3.8, 4) is 5.75 Å². The summed E-state index contributed by atoms with van der Waals surface area (Å²) in [6.45, 7) is 1.34. The fourth-order valence-electron chi connectivity index (χ4n) is 1.80. The molecule has 0 saturated heterocycles. The van der Waals surface area contributed by atoms with Gasteiger partial charge in [-0.1, -0.05) is 29.8 Å². The van der Waals surface area contributed by atoms with Crippen molar-refractivity contribution >= 4 is 29.4 Å². The van der Waals surface area contributed by atoms with Gasteiger partial charge in [0.05, 0.1) is 11.1 Å². The predicted octanol–water partition coefficient (Wildman–Crippen LogP) is 3.09. The van der Waals surface area contributed by atoms with Crippen molar-refractivity contribution in [1.29, 1.82) is 0 Å². The van der Waals surface area contributed by atoms with Crippen molar-refractivity contribution in [2.75, 3.05) is 6.61 Å². The Bertz CT molecular complexity index is 775. The maximum Gasteiger partial charge on any atom is 0.311 e. The number of rotatable bonds is 6. The van der Waals surface area contributed by atoms with Gasteiger partial charge in [-0.25, -0.2) is 5.43 Å². The molecule has 1 amide bonds. The molecule has 0 radical (unpaired) electrons. The van der Waals surface area contributed by atoms with E-state index in [0.717, 1.165) is 11.1 Å². The quantitative estimate of drug-likeness (QED) is 0.493. The summed E-state index contributed by atoms with van der Waals surface area (Å²) in [4.78, 5) is 22.1. The normalized spacial score (nSPS) is 10.6. The largest absolute Gasteiger partial charge is 0.477 e. The molecule has 8 heteroatoms. The molecule has 7 nitrogen and oxygen atoms in total. The minimum atomic E-state index is -0.557. The number of nitro benzene ring substituents is 1. The van der Waals surface area contributed by atoms with E-state index in [1.54, 1.807) is 37.3 Å². The molecule has 0 aliphatic rings. The molecule has 2 rings (SSSR count). The van der Waals surface area contributed by atoms with Crippen molar-refractivity contribution < 1.29 is 14.5 Å². The lowest BCUT2D eigenvalue weighted by atomic mass is 10.2. The average molecular weight is 348 g/mol. The highest BCUT2D eigenvalue weighted by Gasteiger charge is 2.16. The van der Waals surface area contributed by atoms with Crippen LogP contribution in [-0.2, 0) is 4.79 Å². The smallest absolute Gasteiger partial charge is 0.311 e. The van der Waals surface area contributed by atoms with E-state index in [-0.39, 0.29) is 18.0 Å². The van der Waals surface area contributed by atoms with E-state index >= 15 is 0 Å². The van der Waals surface area contributed by atoms with Crippen molar-refractivity contribution in [2.45, 2.75) is 6.92 Å². The van der Waals surface area contributed by atoms with Crippen molar-refractivity contribution in [1.82, 2.24) is 5.43 Å². The molecular weight excluding hydrogens is 334 g/mol. The van der Waals surface area contributed by atoms with E-state index in [2.05, 4.69) is 10.5 Å². The summed E-state index contributed by atoms with van der Waals surface area (Å²) in [5.74, 6) is -0.502. The lowest BCUT2D eigenvalue weighted by molar-refractivity contribution is -0.385. The van der Waals surface area contributed by atoms with Crippen LogP contribution in [-0.4, -0.2) is 23.7 Å². The molecule has 0 unspecified atom stereocenters. The van der Waals surface area contributed by atoms with Crippen molar-refractivity contribution in [3.63, 3.8) is 0 Å². The van der Waals surface area contributed by atoms with E-state index < -0.39 is 10.8 Å². The highest BCUT2D eigenvalue weighted by Crippen LogP contribution is 2.27. The molecule has 124 valence electrons. The van der Waals surface area contributed by atoms with E-state index in [0.29, 0.717) is 5.02 Å². The van der Waals surface area contributed by atoms with Gasteiger partial charge in [-0.3, -0.25) is 14.9 Å². The van der Waals surface area contributed by atoms with E-state index in [4.69, 9.17) is 16.3 Å². The second-order valence-electron chi connectivity index (χ2n) is 4.86. The molecule has 0 aromatic heterocycles. The highest BCUT2D eigenvalue weighted by molar-refractivity contribution is 6.30. The third-order valence-corrected chi connectivity index (χ3v) is 3.19. The number of carbonyl (C=O) groups excluding carboxylic acids is 1. The van der Waals surface area contributed by atoms with Crippen LogP contribution in [0.2, 0.25) is 5.02 Å². The molecule has 0 bridgehead atoms. The minimum absolute atomic E-state index is 0.0300. The van der Waals surface area contributed by atoms with Gasteiger partial charge in [-0.2, -0.15) is 5.10 Å². The number of nitrogens with one attached hydrogen (secondary N) is 1. The summed E-state index contributed by atoms with van der Waals surface area (Å²) in [5.41, 5.74) is 3.58. The number of nitro groups is 1. The maximum atomic E-state index is 11.7. The third kappa shape index (κ3) is 5.06. The summed E-state index contributed by atoms with van der Waals surface area (Å²) >= 11 is 5.76. The molecule has 24 heavy (non-hydrogen) atoms. The number of nitrogens with zero attached hydrogens (tertiary/aromatic N) is 2. The van der Waals surface area contributed by atoms with E-state index in [9.17, 15) is 14.9 Å². The second kappa shape index (κ2) is 8.07. The SMILES string of the molecule is Cc1ccc(OCC(=O)NN=Cc2ccc(Cl)cc2)c([N+](=O)[O-])c1. The number of hydrogen-bond acceptors (Lipinski definition) is 5. The molecule has 1 N–H and O–H groups in total. The van der Waals surface area contributed by atoms with Gasteiger partial charge >= 0.3 is 5.69 Å². The zero-order chi connectivity index (χ0) is 17.5. The van der Waals surface area contributed by atoms with Crippen molar-refractivity contribution in [2.24, 2.45) is 5.10 Å². The number of aryl methyl sites for hydroxylation is 1. The summed E-state index contributed by atoms with van der Waals surface area (Å²) in [6.07, 6.45) is 1.45. The monoisotopic (exact) mass is 347 g/mol. The second-order valence-corrected chi connectivity index (χ2v) is 5.30. The Kier molecular flexibility index (Phi) is 5.86. The Hall–Kier alpha value is -2.93. The van der Waals surface area contributed by atoms with Crippen LogP contribution in [0, 0.1) is 17.0 Å². The Labute approximate surface area is 143 Å². The molecular formula is C16H14ClN3O4. The van der Waals surface area contributed by atoms with Crippen LogP contribution < -0.4 is 10.2 Å². The number of amides is 1. The molecule has 0 heterocycles. The standard InChI is InChI=1S/C16H14ClN3O4/c1-11-2-7-15(14(8-11)20(22)23)24-10-16(21)19-18-9-12-3-5-13(17)6-4-12/h2-9H,10H2,1H3,(H,19,21). The number of halogens is 1. The van der Waals surface area contributed by atoms with Crippen LogP contribution in [0.4, 0.5) is 5.69 Å². The zero-order valence-corrected chi connectivity index (χ0v) is 13.5. The molecule has 2 aromatic rings. The van der Waals surface area contributed by atoms with Gasteiger partial charge in [0.2, 0.25) is 0 Å². The summed E-state index contributed by atoms with van der Waals surface area (Å²) in [6, 6.07) is 11.4. The fraction of sp³-hybridized carbons (Fsp3) is 0.125. The third-order valence-electron chi connectivity index (χ3n) is 2.94. The lowest BCUT2D eigenvalue weighted by Crippen LogP contribution is -2.24. The number of hydrazone groups is 1. The Morgan fingerprint density at radius 3 is 2.71 bits per heavy atom. The molecule has 0 fully saturated rings. The van der Waals surface area contributed by atoms with E-state index in [1.807, 2.05) is 0 Å². The van der Waals surface area contributed by atoms with Gasteiger partial charge < -0.3 is 4.74 Å². The lowest BCUT2D eigenvalue weighted by Gasteiger charge is -2.06. The van der Waals surface area contributed by atoms with Crippen LogP contribution in [0.5, 0.6) is 5.75 Å². The zero-order valence-electron chi connectivity index (χ0n) is 12.7. The van der Waals surface area contributed by atoms with Crippen LogP contribution >= 0.6 is 11.6 Å². The first-order valence-electron chi connectivity index (χ1n) is 6.91. The first-order chi connectivity index (χ1) is 11.5. The van der Waals surface area contributed by atoms with Gasteiger partial charge in [0, 0.05) is 11.1 Å². The molecule has 0 aliphatic carbocycles. The number of hydrogen-bond donors (Lipinski definition) is 1. The van der Waals surface area contributed by atoms with Crippen LogP contribution in [0.15, 0.2) is 47.6 Å². The topological polar surface area (TPSA) is 93.8 Å². The minimum Gasteiger partial charge on any atom is -0.477 e. The van der Waals surface area contributed by atoms with Gasteiger partial charge in [0.15, 0.2) is 12.4 Å². The average Bonchev–Trinajstić information content (AvgIpc) is 2.55. The van der Waals surface area contributed by atoms with Crippen LogP contribution in [0.25, 0.3) is 0 Å². The maximum absolute atomic E-state index is 11.7. The van der Waals surface area contributed by atoms with Gasteiger partial charge in [0.25, 0.3) is 5.91 Å². The van der Waals surface area contributed by atoms with Crippen LogP contribution in [0.3, 0.4) is 0 Å². The molecule has 0 atom stereocenters. The number of benzene rings is 2. The van der Waals surface area contributed by atoms with Gasteiger partial charge in [-0.05, 0) is 36.2 Å². The first kappa shape index (κ1) is 17.4. The first-order valence-corrected chi connectivity index (χ1v) is 7.29. The molecule has 0 aliphatic heterocycles. The van der Waals surface area contributed by atoms with E-state index in [1.165, 1.54) is 18.3 Å². The van der Waals surface area contributed by atoms with Crippen LogP contribution in [0.1, 0.15) is 11.1 Å². The summed E-state index contributed by atoms with van der Waals surface area (Å²) in [5, 5.41) is 15.3. The summed E-state index contributed by atoms with van der Waals surface area (Å²) < 4.78 is 5.19. The number of carbonyl (C=O) groups is 1. The predicted molar refractivity (Wildman–Crippen MR) is 90.5 cm³/mol. The Balaban J connectivity index is 1.89. The molecule has 0 spiro atoms. The van der Waals surface area contributed by atoms with Gasteiger partial charge in [0.1, 0.15) is 0 Å². The Morgan fingerprint density at radius 2 is 2.04 bits per heavy atom.